The van der Waals surface area contributed by atoms with E-state index >= 15 is 0 Å². The van der Waals surface area contributed by atoms with Crippen molar-refractivity contribution in [3.8, 4) is 0 Å². The molecule has 0 aliphatic carbocycles. The minimum atomic E-state index is -0.318. The van der Waals surface area contributed by atoms with Crippen molar-refractivity contribution < 1.29 is 14.3 Å². The summed E-state index contributed by atoms with van der Waals surface area (Å²) in [6.45, 7) is 3.88. The van der Waals surface area contributed by atoms with E-state index < -0.39 is 0 Å². The van der Waals surface area contributed by atoms with E-state index in [1.807, 2.05) is 37.3 Å². The molecule has 0 atom stereocenters. The number of benzene rings is 1. The maximum Gasteiger partial charge on any atom is 0.332 e. The molecule has 1 heterocycles. The zero-order valence-corrected chi connectivity index (χ0v) is 9.94. The molecule has 0 unspecified atom stereocenters. The van der Waals surface area contributed by atoms with Gasteiger partial charge >= 0.3 is 5.97 Å². The Hall–Kier alpha value is -1.39. The fourth-order valence-electron chi connectivity index (χ4n) is 1.59. The molecular weight excluding hydrogens is 218 g/mol. The highest BCUT2D eigenvalue weighted by atomic mass is 16.6. The van der Waals surface area contributed by atoms with Crippen LogP contribution in [0.2, 0.25) is 0 Å². The predicted octanol–water partition coefficient (Wildman–Crippen LogP) is 1.11. The van der Waals surface area contributed by atoms with Crippen molar-refractivity contribution in [2.75, 3.05) is 19.7 Å². The minimum Gasteiger partial charge on any atom is -0.459 e. The Bertz CT molecular complexity index is 374. The van der Waals surface area contributed by atoms with E-state index in [9.17, 15) is 4.79 Å². The van der Waals surface area contributed by atoms with Gasteiger partial charge < -0.3 is 14.8 Å². The van der Waals surface area contributed by atoms with Crippen LogP contribution in [0.3, 0.4) is 0 Å². The first-order valence-corrected chi connectivity index (χ1v) is 5.72. The second kappa shape index (κ2) is 5.29. The number of carbonyl (C=O) groups excluding carboxylic acids is 1. The van der Waals surface area contributed by atoms with E-state index in [-0.39, 0.29) is 18.2 Å². The van der Waals surface area contributed by atoms with Crippen molar-refractivity contribution in [3.05, 3.63) is 35.9 Å². The SMILES string of the molecule is CC1(OCC(=O)OCc2ccccc2)CNC1. The zero-order valence-electron chi connectivity index (χ0n) is 9.94. The van der Waals surface area contributed by atoms with Crippen molar-refractivity contribution in [1.82, 2.24) is 5.32 Å². The summed E-state index contributed by atoms with van der Waals surface area (Å²) in [5, 5.41) is 3.11. The number of ether oxygens (including phenoxy) is 2. The largest absolute Gasteiger partial charge is 0.459 e. The van der Waals surface area contributed by atoms with E-state index in [4.69, 9.17) is 9.47 Å². The Morgan fingerprint density at radius 2 is 2.06 bits per heavy atom. The molecule has 0 aromatic heterocycles. The summed E-state index contributed by atoms with van der Waals surface area (Å²) in [6, 6.07) is 9.61. The lowest BCUT2D eigenvalue weighted by Gasteiger charge is -2.38. The molecule has 4 nitrogen and oxygen atoms in total. The zero-order chi connectivity index (χ0) is 12.1. The topological polar surface area (TPSA) is 47.6 Å². The summed E-state index contributed by atoms with van der Waals surface area (Å²) in [6.07, 6.45) is 0. The van der Waals surface area contributed by atoms with E-state index in [1.165, 1.54) is 0 Å². The molecule has 1 aliphatic heterocycles. The van der Waals surface area contributed by atoms with Crippen molar-refractivity contribution in [3.63, 3.8) is 0 Å². The van der Waals surface area contributed by atoms with Gasteiger partial charge in [-0.2, -0.15) is 0 Å². The lowest BCUT2D eigenvalue weighted by molar-refractivity contribution is -0.159. The molecule has 0 radical (unpaired) electrons. The van der Waals surface area contributed by atoms with Crippen LogP contribution in [-0.4, -0.2) is 31.3 Å². The van der Waals surface area contributed by atoms with Gasteiger partial charge in [-0.15, -0.1) is 0 Å². The second-order valence-electron chi connectivity index (χ2n) is 4.49. The molecule has 0 saturated carbocycles. The Kier molecular flexibility index (Phi) is 3.76. The molecule has 4 heteroatoms. The van der Waals surface area contributed by atoms with Crippen LogP contribution in [0, 0.1) is 0 Å². The third-order valence-electron chi connectivity index (χ3n) is 2.78. The van der Waals surface area contributed by atoms with Gasteiger partial charge in [0, 0.05) is 13.1 Å². The fraction of sp³-hybridized carbons (Fsp3) is 0.462. The molecule has 1 fully saturated rings. The molecule has 1 aliphatic rings. The number of hydrogen-bond donors (Lipinski definition) is 1. The molecule has 2 rings (SSSR count). The average Bonchev–Trinajstić information content (AvgIpc) is 2.33. The Labute approximate surface area is 101 Å². The van der Waals surface area contributed by atoms with E-state index in [0.717, 1.165) is 18.7 Å². The van der Waals surface area contributed by atoms with Gasteiger partial charge in [-0.1, -0.05) is 30.3 Å². The lowest BCUT2D eigenvalue weighted by atomic mass is 10.0. The maximum atomic E-state index is 11.4. The quantitative estimate of drug-likeness (QED) is 0.777. The van der Waals surface area contributed by atoms with Gasteiger partial charge in [0.15, 0.2) is 0 Å². The number of carbonyl (C=O) groups is 1. The molecule has 1 saturated heterocycles. The van der Waals surface area contributed by atoms with Gasteiger partial charge in [0.2, 0.25) is 0 Å². The summed E-state index contributed by atoms with van der Waals surface area (Å²) in [5.41, 5.74) is 0.781. The number of hydrogen-bond acceptors (Lipinski definition) is 4. The van der Waals surface area contributed by atoms with Crippen molar-refractivity contribution >= 4 is 5.97 Å². The third kappa shape index (κ3) is 3.54. The van der Waals surface area contributed by atoms with Crippen LogP contribution in [0.15, 0.2) is 30.3 Å². The smallest absolute Gasteiger partial charge is 0.332 e. The standard InChI is InChI=1S/C13H17NO3/c1-13(9-14-10-13)17-8-12(15)16-7-11-5-3-2-4-6-11/h2-6,14H,7-10H2,1H3. The van der Waals surface area contributed by atoms with Gasteiger partial charge in [-0.25, -0.2) is 4.79 Å². The Balaban J connectivity index is 1.67. The maximum absolute atomic E-state index is 11.4. The number of esters is 1. The van der Waals surface area contributed by atoms with E-state index in [2.05, 4.69) is 5.32 Å². The van der Waals surface area contributed by atoms with Gasteiger partial charge in [0.1, 0.15) is 13.2 Å². The fourth-order valence-corrected chi connectivity index (χ4v) is 1.59. The van der Waals surface area contributed by atoms with Crippen LogP contribution >= 0.6 is 0 Å². The molecule has 92 valence electrons. The molecule has 0 spiro atoms. The summed E-state index contributed by atoms with van der Waals surface area (Å²) >= 11 is 0. The predicted molar refractivity (Wildman–Crippen MR) is 63.5 cm³/mol. The van der Waals surface area contributed by atoms with Gasteiger partial charge in [-0.05, 0) is 12.5 Å². The van der Waals surface area contributed by atoms with E-state index in [1.54, 1.807) is 0 Å². The molecule has 0 amide bonds. The summed E-state index contributed by atoms with van der Waals surface area (Å²) in [4.78, 5) is 11.4. The first-order valence-electron chi connectivity index (χ1n) is 5.72. The van der Waals surface area contributed by atoms with Crippen LogP contribution < -0.4 is 5.32 Å². The van der Waals surface area contributed by atoms with Gasteiger partial charge in [0.25, 0.3) is 0 Å². The number of nitrogens with one attached hydrogen (secondary N) is 1. The summed E-state index contributed by atoms with van der Waals surface area (Å²) < 4.78 is 10.6. The lowest BCUT2D eigenvalue weighted by Crippen LogP contribution is -2.59. The Morgan fingerprint density at radius 3 is 2.65 bits per heavy atom. The molecule has 1 aromatic rings. The highest BCUT2D eigenvalue weighted by Gasteiger charge is 2.33. The van der Waals surface area contributed by atoms with Crippen LogP contribution in [0.5, 0.6) is 0 Å². The van der Waals surface area contributed by atoms with Crippen molar-refractivity contribution in [2.24, 2.45) is 0 Å². The van der Waals surface area contributed by atoms with Gasteiger partial charge in [0.05, 0.1) is 5.60 Å². The average molecular weight is 235 g/mol. The highest BCUT2D eigenvalue weighted by molar-refractivity contribution is 5.70. The normalized spacial score (nSPS) is 17.2. The van der Waals surface area contributed by atoms with E-state index in [0.29, 0.717) is 6.61 Å². The van der Waals surface area contributed by atoms with Crippen molar-refractivity contribution in [2.45, 2.75) is 19.1 Å². The van der Waals surface area contributed by atoms with Crippen LogP contribution in [0.4, 0.5) is 0 Å². The third-order valence-corrected chi connectivity index (χ3v) is 2.78. The molecular formula is C13H17NO3. The highest BCUT2D eigenvalue weighted by Crippen LogP contribution is 2.14. The second-order valence-corrected chi connectivity index (χ2v) is 4.49. The monoisotopic (exact) mass is 235 g/mol. The summed E-state index contributed by atoms with van der Waals surface area (Å²) in [5.74, 6) is -0.318. The van der Waals surface area contributed by atoms with Crippen LogP contribution in [-0.2, 0) is 20.9 Å². The van der Waals surface area contributed by atoms with Crippen molar-refractivity contribution in [1.29, 1.82) is 0 Å². The van der Waals surface area contributed by atoms with Crippen LogP contribution in [0.1, 0.15) is 12.5 Å². The number of rotatable bonds is 5. The molecule has 0 bridgehead atoms. The van der Waals surface area contributed by atoms with Gasteiger partial charge in [-0.3, -0.25) is 0 Å². The molecule has 1 N–H and O–H groups in total. The first-order chi connectivity index (χ1) is 8.18. The molecule has 17 heavy (non-hydrogen) atoms. The first kappa shape index (κ1) is 12.1. The summed E-state index contributed by atoms with van der Waals surface area (Å²) in [7, 11) is 0. The Morgan fingerprint density at radius 1 is 1.35 bits per heavy atom. The minimum absolute atomic E-state index is 0.0189. The van der Waals surface area contributed by atoms with Crippen LogP contribution in [0.25, 0.3) is 0 Å². The molecule has 1 aromatic carbocycles.